The second-order valence-corrected chi connectivity index (χ2v) is 9.24. The number of nitrogen functional groups attached to an aromatic ring is 1. The summed E-state index contributed by atoms with van der Waals surface area (Å²) in [6.45, 7) is 5.12. The number of rotatable bonds is 12. The summed E-state index contributed by atoms with van der Waals surface area (Å²) in [5, 5.41) is 14.4. The van der Waals surface area contributed by atoms with Crippen LogP contribution in [0.1, 0.15) is 56.0 Å². The Kier molecular flexibility index (Phi) is 7.73. The number of nitrogens with zero attached hydrogens (tertiary/aromatic N) is 3. The van der Waals surface area contributed by atoms with Crippen LogP contribution < -0.4 is 11.1 Å². The number of hydrogen-bond acceptors (Lipinski definition) is 6. The molecule has 0 saturated heterocycles. The molecule has 170 valence electrons. The lowest BCUT2D eigenvalue weighted by molar-refractivity contribution is 0.283. The zero-order valence-electron chi connectivity index (χ0n) is 18.8. The summed E-state index contributed by atoms with van der Waals surface area (Å²) in [5.41, 5.74) is 11.7. The number of aliphatic hydroxyl groups is 1. The summed E-state index contributed by atoms with van der Waals surface area (Å²) < 4.78 is 3.50. The van der Waals surface area contributed by atoms with Crippen molar-refractivity contribution in [1.82, 2.24) is 19.9 Å². The summed E-state index contributed by atoms with van der Waals surface area (Å²) in [6, 6.07) is 10.9. The summed E-state index contributed by atoms with van der Waals surface area (Å²) in [5.74, 6) is 1.60. The molecule has 0 aliphatic carbocycles. The van der Waals surface area contributed by atoms with Crippen molar-refractivity contribution in [1.29, 1.82) is 0 Å². The molecule has 0 aliphatic rings. The molecule has 4 N–H and O–H groups in total. The molecule has 0 aliphatic heterocycles. The van der Waals surface area contributed by atoms with Gasteiger partial charge in [-0.15, -0.1) is 11.3 Å². The van der Waals surface area contributed by atoms with E-state index in [9.17, 15) is 0 Å². The molecule has 0 unspecified atom stereocenters. The van der Waals surface area contributed by atoms with Gasteiger partial charge < -0.3 is 20.7 Å². The maximum atomic E-state index is 8.86. The van der Waals surface area contributed by atoms with Gasteiger partial charge in [0.25, 0.3) is 0 Å². The zero-order chi connectivity index (χ0) is 22.3. The van der Waals surface area contributed by atoms with Gasteiger partial charge in [-0.1, -0.05) is 37.6 Å². The first-order valence-corrected chi connectivity index (χ1v) is 12.5. The number of hydrogen-bond donors (Lipinski definition) is 3. The van der Waals surface area contributed by atoms with Crippen molar-refractivity contribution >= 4 is 38.4 Å². The van der Waals surface area contributed by atoms with Crippen LogP contribution >= 0.6 is 11.3 Å². The van der Waals surface area contributed by atoms with Gasteiger partial charge in [-0.05, 0) is 54.8 Å². The smallest absolute Gasteiger partial charge is 0.152 e. The number of nitrogens with two attached hydrogens (primary N) is 1. The van der Waals surface area contributed by atoms with Gasteiger partial charge in [-0.2, -0.15) is 0 Å². The van der Waals surface area contributed by atoms with Crippen molar-refractivity contribution in [2.75, 3.05) is 18.9 Å². The first-order valence-electron chi connectivity index (χ1n) is 11.6. The van der Waals surface area contributed by atoms with Crippen molar-refractivity contribution in [2.45, 2.75) is 58.5 Å². The Hall–Kier alpha value is -2.48. The predicted octanol–water partition coefficient (Wildman–Crippen LogP) is 4.87. The highest BCUT2D eigenvalue weighted by Crippen LogP contribution is 2.33. The molecule has 1 aromatic carbocycles. The van der Waals surface area contributed by atoms with Crippen LogP contribution in [0.15, 0.2) is 35.7 Å². The number of nitrogens with one attached hydrogen (secondary N) is 1. The summed E-state index contributed by atoms with van der Waals surface area (Å²) >= 11 is 1.70. The second kappa shape index (κ2) is 10.9. The molecule has 32 heavy (non-hydrogen) atoms. The van der Waals surface area contributed by atoms with E-state index >= 15 is 0 Å². The van der Waals surface area contributed by atoms with Crippen molar-refractivity contribution in [2.24, 2.45) is 0 Å². The number of aryl methyl sites for hydroxylation is 1. The zero-order valence-corrected chi connectivity index (χ0v) is 19.6. The summed E-state index contributed by atoms with van der Waals surface area (Å²) in [7, 11) is 0. The Morgan fingerprint density at radius 3 is 2.62 bits per heavy atom. The molecule has 3 aromatic heterocycles. The molecule has 0 saturated carbocycles. The summed E-state index contributed by atoms with van der Waals surface area (Å²) in [4.78, 5) is 9.48. The van der Waals surface area contributed by atoms with Crippen LogP contribution in [0.4, 0.5) is 5.82 Å². The molecule has 0 amide bonds. The summed E-state index contributed by atoms with van der Waals surface area (Å²) in [6.07, 6.45) is 6.23. The maximum absolute atomic E-state index is 8.86. The molecular formula is C25H33N5OS. The van der Waals surface area contributed by atoms with Gasteiger partial charge >= 0.3 is 0 Å². The highest BCUT2D eigenvalue weighted by Gasteiger charge is 2.18. The normalized spacial score (nSPS) is 11.7. The van der Waals surface area contributed by atoms with Crippen molar-refractivity contribution in [3.8, 4) is 0 Å². The highest BCUT2D eigenvalue weighted by molar-refractivity contribution is 7.18. The lowest BCUT2D eigenvalue weighted by atomic mass is 10.1. The number of aliphatic hydroxyl groups excluding tert-OH is 1. The number of fused-ring (bicyclic) bond motifs is 3. The van der Waals surface area contributed by atoms with E-state index < -0.39 is 0 Å². The largest absolute Gasteiger partial charge is 0.396 e. The third-order valence-corrected chi connectivity index (χ3v) is 6.76. The Morgan fingerprint density at radius 2 is 1.84 bits per heavy atom. The van der Waals surface area contributed by atoms with E-state index in [2.05, 4.69) is 51.4 Å². The van der Waals surface area contributed by atoms with E-state index in [1.807, 2.05) is 6.07 Å². The lowest BCUT2D eigenvalue weighted by Gasteiger charge is -2.11. The average molecular weight is 452 g/mol. The van der Waals surface area contributed by atoms with Crippen molar-refractivity contribution in [3.05, 3.63) is 52.7 Å². The third-order valence-electron chi connectivity index (χ3n) is 5.85. The van der Waals surface area contributed by atoms with Crippen LogP contribution in [-0.4, -0.2) is 32.8 Å². The van der Waals surface area contributed by atoms with Gasteiger partial charge in [-0.3, -0.25) is 0 Å². The van der Waals surface area contributed by atoms with Crippen LogP contribution in [0.5, 0.6) is 0 Å². The van der Waals surface area contributed by atoms with E-state index in [0.717, 1.165) is 85.2 Å². The van der Waals surface area contributed by atoms with Gasteiger partial charge in [0, 0.05) is 26.1 Å². The second-order valence-electron chi connectivity index (χ2n) is 8.32. The standard InChI is InChI=1S/C25H33N5OS/c1-2-3-7-21-29-22-23(24-20(12-15-32-24)28-25(22)26)30(21)17-19-10-8-18(9-11-19)16-27-13-5-4-6-14-31/h8-12,15,27,31H,2-7,13-14,16-17H2,1H3,(H2,26,28). The third kappa shape index (κ3) is 5.11. The van der Waals surface area contributed by atoms with Gasteiger partial charge in [0.2, 0.25) is 0 Å². The molecule has 4 aromatic rings. The Morgan fingerprint density at radius 1 is 1.03 bits per heavy atom. The monoisotopic (exact) mass is 451 g/mol. The first kappa shape index (κ1) is 22.7. The lowest BCUT2D eigenvalue weighted by Crippen LogP contribution is -2.14. The SMILES string of the molecule is CCCCc1nc2c(N)nc3ccsc3c2n1Cc1ccc(CNCCCCCO)cc1. The first-order chi connectivity index (χ1) is 15.7. The molecule has 6 nitrogen and oxygen atoms in total. The number of anilines is 1. The molecule has 0 bridgehead atoms. The van der Waals surface area contributed by atoms with E-state index in [0.29, 0.717) is 5.82 Å². The number of benzene rings is 1. The Labute approximate surface area is 193 Å². The fraction of sp³-hybridized carbons (Fsp3) is 0.440. The van der Waals surface area contributed by atoms with E-state index in [4.69, 9.17) is 15.8 Å². The van der Waals surface area contributed by atoms with Gasteiger partial charge in [0.1, 0.15) is 11.3 Å². The highest BCUT2D eigenvalue weighted by atomic mass is 32.1. The number of pyridine rings is 1. The molecule has 0 fully saturated rings. The minimum atomic E-state index is 0.287. The molecular weight excluding hydrogens is 418 g/mol. The quantitative estimate of drug-likeness (QED) is 0.267. The molecule has 0 spiro atoms. The number of unbranched alkanes of at least 4 members (excludes halogenated alkanes) is 3. The van der Waals surface area contributed by atoms with E-state index in [1.165, 1.54) is 11.1 Å². The number of aromatic nitrogens is 3. The number of imidazole rings is 1. The Balaban J connectivity index is 1.54. The van der Waals surface area contributed by atoms with E-state index in [1.54, 1.807) is 11.3 Å². The minimum Gasteiger partial charge on any atom is -0.396 e. The molecule has 7 heteroatoms. The Bertz CT molecular complexity index is 1150. The molecule has 4 rings (SSSR count). The van der Waals surface area contributed by atoms with Crippen molar-refractivity contribution < 1.29 is 5.11 Å². The molecule has 3 heterocycles. The number of thiophene rings is 1. The van der Waals surface area contributed by atoms with Crippen LogP contribution in [0.2, 0.25) is 0 Å². The van der Waals surface area contributed by atoms with Crippen molar-refractivity contribution in [3.63, 3.8) is 0 Å². The van der Waals surface area contributed by atoms with Crippen LogP contribution in [0.3, 0.4) is 0 Å². The fourth-order valence-electron chi connectivity index (χ4n) is 4.07. The van der Waals surface area contributed by atoms with Crippen LogP contribution in [0.25, 0.3) is 21.3 Å². The van der Waals surface area contributed by atoms with Gasteiger partial charge in [0.05, 0.1) is 15.7 Å². The van der Waals surface area contributed by atoms with E-state index in [-0.39, 0.29) is 6.61 Å². The topological polar surface area (TPSA) is 89.0 Å². The van der Waals surface area contributed by atoms with Crippen LogP contribution in [0, 0.1) is 0 Å². The molecule has 0 atom stereocenters. The van der Waals surface area contributed by atoms with Crippen LogP contribution in [-0.2, 0) is 19.5 Å². The molecule has 0 radical (unpaired) electrons. The average Bonchev–Trinajstić information content (AvgIpc) is 3.40. The fourth-order valence-corrected chi connectivity index (χ4v) is 4.96. The van der Waals surface area contributed by atoms with Gasteiger partial charge in [-0.25, -0.2) is 9.97 Å². The minimum absolute atomic E-state index is 0.287. The van der Waals surface area contributed by atoms with Gasteiger partial charge in [0.15, 0.2) is 5.82 Å². The predicted molar refractivity (Wildman–Crippen MR) is 134 cm³/mol. The maximum Gasteiger partial charge on any atom is 0.152 e.